The molecule has 17 heavy (non-hydrogen) atoms. The fourth-order valence-corrected chi connectivity index (χ4v) is 2.14. The maximum atomic E-state index is 11.8. The molecule has 98 valence electrons. The van der Waals surface area contributed by atoms with Gasteiger partial charge in [-0.05, 0) is 38.5 Å². The summed E-state index contributed by atoms with van der Waals surface area (Å²) < 4.78 is 0. The van der Waals surface area contributed by atoms with Gasteiger partial charge < -0.3 is 4.90 Å². The molecule has 5 heteroatoms. The van der Waals surface area contributed by atoms with E-state index < -0.39 is 11.3 Å². The van der Waals surface area contributed by atoms with Crippen LogP contribution in [0.25, 0.3) is 0 Å². The zero-order chi connectivity index (χ0) is 13.0. The molecule has 0 saturated heterocycles. The van der Waals surface area contributed by atoms with Crippen molar-refractivity contribution in [1.29, 1.82) is 0 Å². The van der Waals surface area contributed by atoms with Crippen LogP contribution in [-0.2, 0) is 4.79 Å². The molecule has 3 amide bonds. The molecule has 1 atom stereocenters. The maximum Gasteiger partial charge on any atom is 0.324 e. The minimum Gasteiger partial charge on any atom is -0.325 e. The van der Waals surface area contributed by atoms with E-state index in [1.54, 1.807) is 18.9 Å². The molecule has 1 aliphatic carbocycles. The highest BCUT2D eigenvalue weighted by molar-refractivity contribution is 6.31. The van der Waals surface area contributed by atoms with Gasteiger partial charge in [0, 0.05) is 13.1 Å². The van der Waals surface area contributed by atoms with Crippen molar-refractivity contribution in [2.45, 2.75) is 50.9 Å². The molecule has 1 rings (SSSR count). The van der Waals surface area contributed by atoms with Crippen molar-refractivity contribution < 1.29 is 9.59 Å². The van der Waals surface area contributed by atoms with Gasteiger partial charge in [0.2, 0.25) is 5.91 Å². The van der Waals surface area contributed by atoms with E-state index in [0.717, 1.165) is 31.6 Å². The fraction of sp³-hybridized carbons (Fsp3) is 0.833. The molecule has 0 radical (unpaired) electrons. The Morgan fingerprint density at radius 1 is 1.29 bits per heavy atom. The summed E-state index contributed by atoms with van der Waals surface area (Å²) in [5.41, 5.74) is 0. The Bertz CT molecular complexity index is 286. The lowest BCUT2D eigenvalue weighted by Crippen LogP contribution is -2.48. The average molecular weight is 261 g/mol. The lowest BCUT2D eigenvalue weighted by Gasteiger charge is -2.33. The Morgan fingerprint density at radius 3 is 2.29 bits per heavy atom. The first kappa shape index (κ1) is 14.3. The highest BCUT2D eigenvalue weighted by atomic mass is 35.5. The zero-order valence-corrected chi connectivity index (χ0v) is 11.5. The van der Waals surface area contributed by atoms with Crippen LogP contribution in [-0.4, -0.2) is 35.3 Å². The summed E-state index contributed by atoms with van der Waals surface area (Å²) in [6, 6.07) is -0.105. The minimum absolute atomic E-state index is 0.240. The average Bonchev–Trinajstić information content (AvgIpc) is 2.28. The van der Waals surface area contributed by atoms with Crippen LogP contribution in [0.15, 0.2) is 0 Å². The lowest BCUT2D eigenvalue weighted by molar-refractivity contribution is -0.119. The second kappa shape index (κ2) is 6.24. The molecule has 4 nitrogen and oxygen atoms in total. The van der Waals surface area contributed by atoms with Crippen molar-refractivity contribution >= 4 is 23.5 Å². The molecule has 1 aliphatic rings. The zero-order valence-electron chi connectivity index (χ0n) is 10.7. The van der Waals surface area contributed by atoms with E-state index in [9.17, 15) is 9.59 Å². The number of hydrogen-bond acceptors (Lipinski definition) is 2. The molecule has 1 fully saturated rings. The third kappa shape index (κ3) is 4.19. The van der Waals surface area contributed by atoms with Gasteiger partial charge in [0.1, 0.15) is 5.38 Å². The van der Waals surface area contributed by atoms with Crippen molar-refractivity contribution in [2.75, 3.05) is 7.05 Å². The molecular formula is C12H21ClN2O2. The molecule has 1 N–H and O–H groups in total. The second-order valence-electron chi connectivity index (χ2n) is 4.94. The van der Waals surface area contributed by atoms with Crippen molar-refractivity contribution in [1.82, 2.24) is 10.2 Å². The summed E-state index contributed by atoms with van der Waals surface area (Å²) in [7, 11) is 1.74. The smallest absolute Gasteiger partial charge is 0.324 e. The maximum absolute atomic E-state index is 11.8. The third-order valence-corrected chi connectivity index (χ3v) is 3.64. The monoisotopic (exact) mass is 260 g/mol. The summed E-state index contributed by atoms with van der Waals surface area (Å²) in [6.45, 7) is 3.78. The van der Waals surface area contributed by atoms with Crippen LogP contribution >= 0.6 is 11.6 Å². The quantitative estimate of drug-likeness (QED) is 0.775. The molecule has 1 saturated carbocycles. The second-order valence-corrected chi connectivity index (χ2v) is 5.59. The van der Waals surface area contributed by atoms with Crippen LogP contribution < -0.4 is 5.32 Å². The number of rotatable bonds is 2. The molecule has 0 aromatic carbocycles. The Kier molecular flexibility index (Phi) is 5.25. The van der Waals surface area contributed by atoms with Gasteiger partial charge in [-0.15, -0.1) is 11.6 Å². The standard InChI is InChI=1S/C12H21ClN2O2/c1-8-4-6-10(7-5-8)15(3)12(17)14-11(16)9(2)13/h8-10H,4-7H2,1-3H3,(H,14,16,17). The first-order valence-electron chi connectivity index (χ1n) is 6.13. The van der Waals surface area contributed by atoms with Crippen molar-refractivity contribution in [3.63, 3.8) is 0 Å². The van der Waals surface area contributed by atoms with Gasteiger partial charge in [-0.1, -0.05) is 6.92 Å². The number of halogens is 1. The Hall–Kier alpha value is -0.770. The molecule has 1 unspecified atom stereocenters. The molecular weight excluding hydrogens is 240 g/mol. The van der Waals surface area contributed by atoms with Gasteiger partial charge in [0.25, 0.3) is 0 Å². The predicted molar refractivity (Wildman–Crippen MR) is 68.0 cm³/mol. The van der Waals surface area contributed by atoms with Gasteiger partial charge >= 0.3 is 6.03 Å². The number of carbonyl (C=O) groups excluding carboxylic acids is 2. The minimum atomic E-state index is -0.682. The highest BCUT2D eigenvalue weighted by Crippen LogP contribution is 2.26. The van der Waals surface area contributed by atoms with Crippen LogP contribution in [0, 0.1) is 5.92 Å². The van der Waals surface area contributed by atoms with Crippen molar-refractivity contribution in [3.05, 3.63) is 0 Å². The summed E-state index contributed by atoms with van der Waals surface area (Å²) in [5, 5.41) is 1.62. The Labute approximate surface area is 108 Å². The Morgan fingerprint density at radius 2 is 1.82 bits per heavy atom. The molecule has 0 heterocycles. The fourth-order valence-electron chi connectivity index (χ4n) is 2.09. The van der Waals surface area contributed by atoms with E-state index in [1.807, 2.05) is 0 Å². The van der Waals surface area contributed by atoms with Crippen LogP contribution in [0.3, 0.4) is 0 Å². The highest BCUT2D eigenvalue weighted by Gasteiger charge is 2.26. The molecule has 0 aromatic heterocycles. The normalized spacial score (nSPS) is 26.1. The number of nitrogens with zero attached hydrogens (tertiary/aromatic N) is 1. The van der Waals surface area contributed by atoms with E-state index in [-0.39, 0.29) is 12.1 Å². The largest absolute Gasteiger partial charge is 0.325 e. The van der Waals surface area contributed by atoms with E-state index in [1.165, 1.54) is 0 Å². The molecule has 0 spiro atoms. The number of hydrogen-bond donors (Lipinski definition) is 1. The van der Waals surface area contributed by atoms with Gasteiger partial charge in [0.15, 0.2) is 0 Å². The van der Waals surface area contributed by atoms with Crippen LogP contribution in [0.1, 0.15) is 39.5 Å². The third-order valence-electron chi connectivity index (χ3n) is 3.44. The first-order chi connectivity index (χ1) is 7.91. The SMILES string of the molecule is CC1CCC(N(C)C(=O)NC(=O)C(C)Cl)CC1. The van der Waals surface area contributed by atoms with E-state index in [4.69, 9.17) is 11.6 Å². The molecule has 0 aliphatic heterocycles. The topological polar surface area (TPSA) is 49.4 Å². The van der Waals surface area contributed by atoms with E-state index >= 15 is 0 Å². The van der Waals surface area contributed by atoms with Crippen LogP contribution in [0.4, 0.5) is 4.79 Å². The van der Waals surface area contributed by atoms with Gasteiger partial charge in [-0.2, -0.15) is 0 Å². The first-order valence-corrected chi connectivity index (χ1v) is 6.57. The molecule has 0 bridgehead atoms. The number of nitrogens with one attached hydrogen (secondary N) is 1. The van der Waals surface area contributed by atoms with Crippen LogP contribution in [0.5, 0.6) is 0 Å². The van der Waals surface area contributed by atoms with Crippen molar-refractivity contribution in [3.8, 4) is 0 Å². The number of urea groups is 1. The summed E-state index contributed by atoms with van der Waals surface area (Å²) in [5.74, 6) is 0.305. The van der Waals surface area contributed by atoms with Crippen molar-refractivity contribution in [2.24, 2.45) is 5.92 Å². The summed E-state index contributed by atoms with van der Waals surface area (Å²) in [6.07, 6.45) is 4.30. The number of imide groups is 1. The summed E-state index contributed by atoms with van der Waals surface area (Å²) in [4.78, 5) is 24.7. The van der Waals surface area contributed by atoms with E-state index in [0.29, 0.717) is 0 Å². The lowest BCUT2D eigenvalue weighted by atomic mass is 9.87. The van der Waals surface area contributed by atoms with E-state index in [2.05, 4.69) is 12.2 Å². The predicted octanol–water partition coefficient (Wildman–Crippen LogP) is 2.36. The Balaban J connectivity index is 2.44. The van der Waals surface area contributed by atoms with Gasteiger partial charge in [0.05, 0.1) is 0 Å². The number of carbonyl (C=O) groups is 2. The summed E-state index contributed by atoms with van der Waals surface area (Å²) >= 11 is 5.60. The number of alkyl halides is 1. The molecule has 0 aromatic rings. The van der Waals surface area contributed by atoms with Crippen LogP contribution in [0.2, 0.25) is 0 Å². The van der Waals surface area contributed by atoms with Gasteiger partial charge in [-0.25, -0.2) is 4.79 Å². The van der Waals surface area contributed by atoms with Gasteiger partial charge in [-0.3, -0.25) is 10.1 Å². The number of amides is 3.